The van der Waals surface area contributed by atoms with Crippen LogP contribution in [0.2, 0.25) is 0 Å². The fraction of sp³-hybridized carbons (Fsp3) is 0.250. The molecule has 1 aromatic carbocycles. The second-order valence-corrected chi connectivity index (χ2v) is 5.87. The zero-order chi connectivity index (χ0) is 18.4. The third kappa shape index (κ3) is 4.83. The van der Waals surface area contributed by atoms with Gasteiger partial charge in [-0.1, -0.05) is 0 Å². The lowest BCUT2D eigenvalue weighted by molar-refractivity contribution is -0.387. The number of benzene rings is 1. The summed E-state index contributed by atoms with van der Waals surface area (Å²) in [5.74, 6) is -0.744. The number of hydrogen-bond donors (Lipinski definition) is 1. The van der Waals surface area contributed by atoms with Crippen LogP contribution in [-0.4, -0.2) is 29.7 Å². The topological polar surface area (TPSA) is 112 Å². The minimum absolute atomic E-state index is 0.0105. The molecular formula is C16H16N2O6S. The maximum Gasteiger partial charge on any atom is 0.338 e. The molecule has 0 bridgehead atoms. The highest BCUT2D eigenvalue weighted by Crippen LogP contribution is 2.28. The molecule has 0 aliphatic rings. The zero-order valence-corrected chi connectivity index (χ0v) is 14.4. The Labute approximate surface area is 147 Å². The van der Waals surface area contributed by atoms with E-state index in [4.69, 9.17) is 9.15 Å². The Bertz CT molecular complexity index is 775. The molecule has 2 rings (SSSR count). The zero-order valence-electron chi connectivity index (χ0n) is 13.6. The molecule has 1 heterocycles. The van der Waals surface area contributed by atoms with E-state index in [-0.39, 0.29) is 17.3 Å². The number of nitro groups is 1. The van der Waals surface area contributed by atoms with Gasteiger partial charge in [-0.15, -0.1) is 11.8 Å². The van der Waals surface area contributed by atoms with E-state index < -0.39 is 23.4 Å². The van der Waals surface area contributed by atoms with E-state index in [1.54, 1.807) is 25.3 Å². The van der Waals surface area contributed by atoms with Crippen molar-refractivity contribution in [2.75, 3.05) is 12.9 Å². The van der Waals surface area contributed by atoms with Crippen LogP contribution in [0.3, 0.4) is 0 Å². The standard InChI is InChI=1S/C16H16N2O6S/c1-10(13-4-3-7-23-13)17-15(19)9-24-16(20)11-5-6-14(25-2)12(8-11)18(21)22/h3-8,10H,9H2,1-2H3,(H,17,19)/t10-/m0/s1. The van der Waals surface area contributed by atoms with Crippen molar-refractivity contribution < 1.29 is 23.7 Å². The van der Waals surface area contributed by atoms with Gasteiger partial charge < -0.3 is 14.5 Å². The lowest BCUT2D eigenvalue weighted by atomic mass is 10.2. The normalized spacial score (nSPS) is 11.6. The molecule has 1 N–H and O–H groups in total. The maximum atomic E-state index is 12.0. The smallest absolute Gasteiger partial charge is 0.338 e. The minimum atomic E-state index is -0.809. The number of carbonyl (C=O) groups excluding carboxylic acids is 2. The van der Waals surface area contributed by atoms with Crippen LogP contribution in [-0.2, 0) is 9.53 Å². The number of carbonyl (C=O) groups is 2. The second-order valence-electron chi connectivity index (χ2n) is 5.02. The van der Waals surface area contributed by atoms with Gasteiger partial charge in [0.2, 0.25) is 0 Å². The second kappa shape index (κ2) is 8.34. The van der Waals surface area contributed by atoms with E-state index in [1.807, 2.05) is 0 Å². The summed E-state index contributed by atoms with van der Waals surface area (Å²) < 4.78 is 10.1. The van der Waals surface area contributed by atoms with Crippen molar-refractivity contribution in [3.05, 3.63) is 58.0 Å². The van der Waals surface area contributed by atoms with Gasteiger partial charge in [0.05, 0.1) is 27.7 Å². The predicted octanol–water partition coefficient (Wildman–Crippen LogP) is 2.94. The fourth-order valence-corrected chi connectivity index (χ4v) is 2.61. The molecule has 0 aliphatic heterocycles. The highest BCUT2D eigenvalue weighted by molar-refractivity contribution is 7.98. The van der Waals surface area contributed by atoms with Crippen molar-refractivity contribution in [1.82, 2.24) is 5.32 Å². The van der Waals surface area contributed by atoms with Crippen molar-refractivity contribution in [1.29, 1.82) is 0 Å². The molecule has 0 unspecified atom stereocenters. The summed E-state index contributed by atoms with van der Waals surface area (Å²) in [6.45, 7) is 1.23. The summed E-state index contributed by atoms with van der Waals surface area (Å²) in [6, 6.07) is 7.07. The number of amides is 1. The van der Waals surface area contributed by atoms with Crippen LogP contribution in [0.15, 0.2) is 45.9 Å². The molecule has 8 nitrogen and oxygen atoms in total. The summed E-state index contributed by atoms with van der Waals surface area (Å²) >= 11 is 1.20. The minimum Gasteiger partial charge on any atom is -0.467 e. The number of esters is 1. The molecule has 132 valence electrons. The van der Waals surface area contributed by atoms with E-state index in [0.29, 0.717) is 10.7 Å². The maximum absolute atomic E-state index is 12.0. The Kier molecular flexibility index (Phi) is 6.18. The fourth-order valence-electron chi connectivity index (χ4n) is 2.07. The van der Waals surface area contributed by atoms with Gasteiger partial charge in [0.1, 0.15) is 5.76 Å². The van der Waals surface area contributed by atoms with Gasteiger partial charge >= 0.3 is 5.97 Å². The summed E-state index contributed by atoms with van der Waals surface area (Å²) in [5.41, 5.74) is -0.172. The van der Waals surface area contributed by atoms with Crippen LogP contribution in [0.4, 0.5) is 5.69 Å². The van der Waals surface area contributed by atoms with Crippen LogP contribution >= 0.6 is 11.8 Å². The number of nitrogens with zero attached hydrogens (tertiary/aromatic N) is 1. The number of rotatable bonds is 7. The number of thioether (sulfide) groups is 1. The van der Waals surface area contributed by atoms with Crippen molar-refractivity contribution in [2.45, 2.75) is 17.9 Å². The van der Waals surface area contributed by atoms with E-state index in [1.165, 1.54) is 30.2 Å². The van der Waals surface area contributed by atoms with E-state index >= 15 is 0 Å². The summed E-state index contributed by atoms with van der Waals surface area (Å²) in [4.78, 5) is 34.7. The Morgan fingerprint density at radius 2 is 2.16 bits per heavy atom. The van der Waals surface area contributed by atoms with Crippen molar-refractivity contribution in [2.24, 2.45) is 0 Å². The Hall–Kier alpha value is -2.81. The Morgan fingerprint density at radius 1 is 1.40 bits per heavy atom. The van der Waals surface area contributed by atoms with Crippen LogP contribution in [0.25, 0.3) is 0 Å². The van der Waals surface area contributed by atoms with E-state index in [0.717, 1.165) is 6.07 Å². The van der Waals surface area contributed by atoms with Crippen LogP contribution in [0.5, 0.6) is 0 Å². The Balaban J connectivity index is 1.94. The molecule has 2 aromatic rings. The van der Waals surface area contributed by atoms with Gasteiger partial charge in [-0.05, 0) is 37.4 Å². The third-order valence-corrected chi connectivity index (χ3v) is 4.08. The van der Waals surface area contributed by atoms with Crippen molar-refractivity contribution in [3.8, 4) is 0 Å². The molecule has 9 heteroatoms. The van der Waals surface area contributed by atoms with Gasteiger partial charge in [0.25, 0.3) is 11.6 Å². The molecular weight excluding hydrogens is 348 g/mol. The predicted molar refractivity (Wildman–Crippen MR) is 90.4 cm³/mol. The first-order valence-corrected chi connectivity index (χ1v) is 8.47. The van der Waals surface area contributed by atoms with Gasteiger partial charge in [0, 0.05) is 6.07 Å². The molecule has 0 spiro atoms. The molecule has 1 aromatic heterocycles. The summed E-state index contributed by atoms with van der Waals surface area (Å²) in [6.07, 6.45) is 3.19. The molecule has 0 radical (unpaired) electrons. The largest absolute Gasteiger partial charge is 0.467 e. The van der Waals surface area contributed by atoms with Gasteiger partial charge in [-0.2, -0.15) is 0 Å². The number of ether oxygens (including phenoxy) is 1. The number of nitrogens with one attached hydrogen (secondary N) is 1. The summed E-state index contributed by atoms with van der Waals surface area (Å²) in [7, 11) is 0. The SMILES string of the molecule is CSc1ccc(C(=O)OCC(=O)N[C@@H](C)c2ccco2)cc1[N+](=O)[O-]. The van der Waals surface area contributed by atoms with Gasteiger partial charge in [-0.25, -0.2) is 4.79 Å². The molecule has 0 fully saturated rings. The van der Waals surface area contributed by atoms with Crippen molar-refractivity contribution >= 4 is 29.3 Å². The monoisotopic (exact) mass is 364 g/mol. The average Bonchev–Trinajstić information content (AvgIpc) is 3.13. The number of hydrogen-bond acceptors (Lipinski definition) is 7. The first kappa shape index (κ1) is 18.5. The lowest BCUT2D eigenvalue weighted by Gasteiger charge is -2.11. The summed E-state index contributed by atoms with van der Waals surface area (Å²) in [5, 5.41) is 13.6. The van der Waals surface area contributed by atoms with Gasteiger partial charge in [0.15, 0.2) is 6.61 Å². The van der Waals surface area contributed by atoms with E-state index in [9.17, 15) is 19.7 Å². The van der Waals surface area contributed by atoms with E-state index in [2.05, 4.69) is 5.32 Å². The van der Waals surface area contributed by atoms with Crippen LogP contribution in [0, 0.1) is 10.1 Å². The van der Waals surface area contributed by atoms with Crippen LogP contribution < -0.4 is 5.32 Å². The third-order valence-electron chi connectivity index (χ3n) is 3.29. The highest BCUT2D eigenvalue weighted by atomic mass is 32.2. The number of furan rings is 1. The van der Waals surface area contributed by atoms with Gasteiger partial charge in [-0.3, -0.25) is 14.9 Å². The molecule has 1 amide bonds. The van der Waals surface area contributed by atoms with Crippen LogP contribution in [0.1, 0.15) is 29.1 Å². The molecule has 0 saturated heterocycles. The molecule has 1 atom stereocenters. The average molecular weight is 364 g/mol. The quantitative estimate of drug-likeness (QED) is 0.348. The highest BCUT2D eigenvalue weighted by Gasteiger charge is 2.19. The number of nitro benzene ring substituents is 1. The first-order valence-electron chi connectivity index (χ1n) is 7.24. The Morgan fingerprint density at radius 3 is 2.76 bits per heavy atom. The van der Waals surface area contributed by atoms with Crippen molar-refractivity contribution in [3.63, 3.8) is 0 Å². The molecule has 0 saturated carbocycles. The first-order chi connectivity index (χ1) is 11.9. The molecule has 0 aliphatic carbocycles. The lowest BCUT2D eigenvalue weighted by Crippen LogP contribution is -2.31. The molecule has 25 heavy (non-hydrogen) atoms.